The molecule has 41 heavy (non-hydrogen) atoms. The molecule has 4 heterocycles. The largest absolute Gasteiger partial charge is 0.427 e. The number of thiazole rings is 2. The van der Waals surface area contributed by atoms with Crippen LogP contribution in [0.2, 0.25) is 0 Å². The minimum Gasteiger partial charge on any atom is -0.427 e. The summed E-state index contributed by atoms with van der Waals surface area (Å²) in [7, 11) is 1.48. The first-order chi connectivity index (χ1) is 19.4. The predicted octanol–water partition coefficient (Wildman–Crippen LogP) is 2.70. The zero-order valence-electron chi connectivity index (χ0n) is 23.2. The first-order valence-corrected chi connectivity index (χ1v) is 14.8. The number of carbonyl (C=O) groups is 4. The number of hydrogen-bond acceptors (Lipinski definition) is 14. The molecule has 2 amide bonds. The first kappa shape index (κ1) is 33.4. The van der Waals surface area contributed by atoms with Crippen LogP contribution in [-0.2, 0) is 33.5 Å². The zero-order valence-corrected chi connectivity index (χ0v) is 25.6. The van der Waals surface area contributed by atoms with Gasteiger partial charge in [0.1, 0.15) is 24.2 Å². The Morgan fingerprint density at radius 3 is 2.54 bits per heavy atom. The molecule has 0 spiro atoms. The Kier molecular flexibility index (Phi) is 13.0. The van der Waals surface area contributed by atoms with E-state index in [-0.39, 0.29) is 11.1 Å². The molecule has 0 bridgehead atoms. The Balaban J connectivity index is 0.000000297. The number of amides is 2. The van der Waals surface area contributed by atoms with Crippen molar-refractivity contribution in [2.24, 2.45) is 10.6 Å². The van der Waals surface area contributed by atoms with Crippen molar-refractivity contribution in [3.63, 3.8) is 0 Å². The Bertz CT molecular complexity index is 1270. The molecule has 2 aromatic heterocycles. The van der Waals surface area contributed by atoms with Gasteiger partial charge >= 0.3 is 11.9 Å². The molecule has 13 nitrogen and oxygen atoms in total. The number of carbonyl (C=O) groups excluding carboxylic acids is 4. The molecule has 0 radical (unpaired) electrons. The van der Waals surface area contributed by atoms with Crippen LogP contribution < -0.4 is 11.1 Å². The quantitative estimate of drug-likeness (QED) is 0.110. The van der Waals surface area contributed by atoms with Crippen molar-refractivity contribution in [3.8, 4) is 0 Å². The third-order valence-corrected chi connectivity index (χ3v) is 7.76. The number of nitrogens with two attached hydrogens (primary N) is 1. The molecule has 1 saturated heterocycles. The molecule has 0 aromatic carbocycles. The summed E-state index contributed by atoms with van der Waals surface area (Å²) in [6.07, 6.45) is 3.44. The van der Waals surface area contributed by atoms with E-state index in [1.807, 2.05) is 17.8 Å². The Labute approximate surface area is 249 Å². The number of esters is 2. The second-order valence-electron chi connectivity index (χ2n) is 9.14. The monoisotopic (exact) mass is 624 g/mol. The van der Waals surface area contributed by atoms with E-state index in [0.717, 1.165) is 11.4 Å². The molecule has 2 aromatic rings. The number of hydrogen-bond donors (Lipinski definition) is 2. The SMILES string of the molecule is C=CC1=C(C(=O)OCOC(=O)C(C)(C)C)N2C(=O)[C@@H](NC=O)[C@H]2SC1.CO/N=C/c1csc(N)n1.Cc1cscn1. The molecule has 0 saturated carbocycles. The highest BCUT2D eigenvalue weighted by Crippen LogP contribution is 2.40. The Morgan fingerprint density at radius 1 is 1.32 bits per heavy atom. The van der Waals surface area contributed by atoms with Gasteiger partial charge in [-0.2, -0.15) is 0 Å². The summed E-state index contributed by atoms with van der Waals surface area (Å²) in [5, 5.41) is 9.94. The minimum atomic E-state index is -0.778. The molecule has 4 rings (SSSR count). The number of anilines is 1. The van der Waals surface area contributed by atoms with Gasteiger partial charge in [-0.3, -0.25) is 24.3 Å². The first-order valence-electron chi connectivity index (χ1n) is 11.9. The lowest BCUT2D eigenvalue weighted by Crippen LogP contribution is -2.69. The van der Waals surface area contributed by atoms with E-state index in [2.05, 4.69) is 31.9 Å². The van der Waals surface area contributed by atoms with Crippen LogP contribution in [0.3, 0.4) is 0 Å². The average Bonchev–Trinajstić information content (AvgIpc) is 3.59. The van der Waals surface area contributed by atoms with Gasteiger partial charge in [-0.05, 0) is 33.3 Å². The summed E-state index contributed by atoms with van der Waals surface area (Å²) in [5.41, 5.74) is 8.92. The number of ether oxygens (including phenoxy) is 2. The van der Waals surface area contributed by atoms with Crippen LogP contribution >= 0.6 is 34.4 Å². The molecule has 1 fully saturated rings. The number of fused-ring (bicyclic) bond motifs is 1. The van der Waals surface area contributed by atoms with Crippen molar-refractivity contribution in [2.45, 2.75) is 39.1 Å². The third kappa shape index (κ3) is 9.68. The van der Waals surface area contributed by atoms with Gasteiger partial charge in [0, 0.05) is 22.2 Å². The van der Waals surface area contributed by atoms with Gasteiger partial charge in [-0.25, -0.2) is 9.78 Å². The number of nitrogen functional groups attached to an aromatic ring is 1. The van der Waals surface area contributed by atoms with Crippen LogP contribution in [-0.4, -0.2) is 76.4 Å². The summed E-state index contributed by atoms with van der Waals surface area (Å²) >= 11 is 4.42. The van der Waals surface area contributed by atoms with E-state index in [0.29, 0.717) is 22.9 Å². The maximum Gasteiger partial charge on any atom is 0.358 e. The molecule has 2 aliphatic rings. The lowest BCUT2D eigenvalue weighted by molar-refractivity contribution is -0.173. The van der Waals surface area contributed by atoms with Crippen molar-refractivity contribution in [1.82, 2.24) is 20.2 Å². The minimum absolute atomic E-state index is 0.0690. The Hall–Kier alpha value is -3.76. The summed E-state index contributed by atoms with van der Waals surface area (Å²) in [5.74, 6) is -1.24. The smallest absolute Gasteiger partial charge is 0.358 e. The zero-order chi connectivity index (χ0) is 30.6. The summed E-state index contributed by atoms with van der Waals surface area (Å²) in [4.78, 5) is 60.4. The number of β-lactam (4-membered cyclic amide) rings is 1. The van der Waals surface area contributed by atoms with E-state index in [4.69, 9.17) is 15.2 Å². The second kappa shape index (κ2) is 15.9. The fourth-order valence-corrected chi connectivity index (χ4v) is 5.45. The Morgan fingerprint density at radius 2 is 2.05 bits per heavy atom. The second-order valence-corrected chi connectivity index (χ2v) is 11.9. The summed E-state index contributed by atoms with van der Waals surface area (Å²) < 4.78 is 9.90. The number of nitrogens with one attached hydrogen (secondary N) is 1. The highest BCUT2D eigenvalue weighted by Gasteiger charge is 2.53. The van der Waals surface area contributed by atoms with E-state index in [9.17, 15) is 19.2 Å². The molecule has 222 valence electrons. The number of thioether (sulfide) groups is 1. The van der Waals surface area contributed by atoms with E-state index in [1.54, 1.807) is 37.5 Å². The molecule has 2 atom stereocenters. The number of nitrogens with zero attached hydrogens (tertiary/aromatic N) is 4. The molecule has 2 aliphatic heterocycles. The fourth-order valence-electron chi connectivity index (χ4n) is 3.04. The standard InChI is InChI=1S/C16H20N2O6S.C5H7N3OS.C4H5NS/c1-5-9-6-25-13-10(17-7-19)12(20)18(13)11(9)14(21)23-8-24-15(22)16(2,3)4;1-9-7-2-4-3-10-5(6)8-4;1-4-2-6-3-5-4/h5,7,10,13H,1,6,8H2,2-4H3,(H,17,19);2-3H,1H3,(H2,6,8);2-3H,1H3/b;7-2+;/t10-,13-;;/m1../s1. The van der Waals surface area contributed by atoms with Crippen molar-refractivity contribution in [2.75, 3.05) is 25.4 Å². The van der Waals surface area contributed by atoms with Gasteiger partial charge in [0.15, 0.2) is 5.13 Å². The summed E-state index contributed by atoms with van der Waals surface area (Å²) in [6.45, 7) is 10.1. The fraction of sp³-hybridized carbons (Fsp3) is 0.400. The van der Waals surface area contributed by atoms with Gasteiger partial charge < -0.3 is 25.4 Å². The van der Waals surface area contributed by atoms with Crippen LogP contribution in [0.15, 0.2) is 45.4 Å². The lowest BCUT2D eigenvalue weighted by atomic mass is 9.98. The van der Waals surface area contributed by atoms with Crippen LogP contribution in [0.4, 0.5) is 5.13 Å². The molecule has 16 heteroatoms. The van der Waals surface area contributed by atoms with Crippen molar-refractivity contribution >= 4 is 70.0 Å². The number of rotatable bonds is 8. The average molecular weight is 625 g/mol. The normalized spacial score (nSPS) is 17.6. The van der Waals surface area contributed by atoms with Gasteiger partial charge in [0.2, 0.25) is 13.2 Å². The number of oxime groups is 1. The maximum absolute atomic E-state index is 12.4. The lowest BCUT2D eigenvalue weighted by Gasteiger charge is -2.49. The predicted molar refractivity (Wildman–Crippen MR) is 158 cm³/mol. The van der Waals surface area contributed by atoms with E-state index < -0.39 is 36.1 Å². The van der Waals surface area contributed by atoms with E-state index in [1.165, 1.54) is 47.4 Å². The van der Waals surface area contributed by atoms with Crippen LogP contribution in [0.5, 0.6) is 0 Å². The molecular weight excluding hydrogens is 593 g/mol. The van der Waals surface area contributed by atoms with Gasteiger partial charge in [0.05, 0.1) is 22.8 Å². The highest BCUT2D eigenvalue weighted by molar-refractivity contribution is 8.00. The number of aromatic nitrogens is 2. The van der Waals surface area contributed by atoms with Gasteiger partial charge in [-0.15, -0.1) is 34.4 Å². The van der Waals surface area contributed by atoms with Crippen molar-refractivity contribution in [3.05, 3.63) is 51.6 Å². The number of aryl methyl sites for hydroxylation is 1. The van der Waals surface area contributed by atoms with Crippen molar-refractivity contribution < 1.29 is 33.5 Å². The van der Waals surface area contributed by atoms with Crippen LogP contribution in [0, 0.1) is 12.3 Å². The molecule has 0 unspecified atom stereocenters. The maximum atomic E-state index is 12.4. The van der Waals surface area contributed by atoms with Crippen molar-refractivity contribution in [1.29, 1.82) is 0 Å². The van der Waals surface area contributed by atoms with Gasteiger partial charge in [-0.1, -0.05) is 17.8 Å². The molecule has 3 N–H and O–H groups in total. The molecular formula is C25H32N6O7S3. The molecule has 0 aliphatic carbocycles. The van der Waals surface area contributed by atoms with Gasteiger partial charge in [0.25, 0.3) is 5.91 Å². The van der Waals surface area contributed by atoms with Crippen LogP contribution in [0.1, 0.15) is 32.2 Å². The van der Waals surface area contributed by atoms with E-state index >= 15 is 0 Å². The highest BCUT2D eigenvalue weighted by atomic mass is 32.2. The topological polar surface area (TPSA) is 175 Å². The summed E-state index contributed by atoms with van der Waals surface area (Å²) in [6, 6.07) is -0.671. The third-order valence-electron chi connectivity index (χ3n) is 5.06. The van der Waals surface area contributed by atoms with Crippen LogP contribution in [0.25, 0.3) is 0 Å². The number of allylic oxidation sites excluding steroid dienone is 1.